The summed E-state index contributed by atoms with van der Waals surface area (Å²) in [5.74, 6) is 1.43. The van der Waals surface area contributed by atoms with Gasteiger partial charge in [-0.3, -0.25) is 0 Å². The average Bonchev–Trinajstić information content (AvgIpc) is 2.42. The van der Waals surface area contributed by atoms with Crippen molar-refractivity contribution in [2.75, 3.05) is 7.11 Å². The molecule has 0 saturated carbocycles. The largest absolute Gasteiger partial charge is 0.497 e. The summed E-state index contributed by atoms with van der Waals surface area (Å²) in [6.07, 6.45) is 0.218. The van der Waals surface area contributed by atoms with Crippen molar-refractivity contribution in [3.63, 3.8) is 0 Å². The highest BCUT2D eigenvalue weighted by atomic mass is 16.5. The maximum absolute atomic E-state index is 9.04. The highest BCUT2D eigenvalue weighted by Gasteiger charge is 2.14. The molecule has 20 heavy (non-hydrogen) atoms. The molecule has 1 rings (SSSR count). The second-order valence-electron chi connectivity index (χ2n) is 5.72. The van der Waals surface area contributed by atoms with Gasteiger partial charge in [0, 0.05) is 23.7 Å². The summed E-state index contributed by atoms with van der Waals surface area (Å²) in [5.41, 5.74) is 1.05. The standard InChI is InChI=1S/C16H24N2O2/c1-6-13(10-17)20-15-9-14(19-5)8-7-12(15)11-18-16(2,3)4/h7-9,13,18H,6,11H2,1-5H3. The molecule has 0 heterocycles. The third-order valence-electron chi connectivity index (χ3n) is 2.87. The maximum Gasteiger partial charge on any atom is 0.184 e. The zero-order valence-corrected chi connectivity index (χ0v) is 13.0. The minimum Gasteiger partial charge on any atom is -0.497 e. The highest BCUT2D eigenvalue weighted by molar-refractivity contribution is 5.41. The fourth-order valence-electron chi connectivity index (χ4n) is 1.63. The van der Waals surface area contributed by atoms with Crippen LogP contribution in [-0.2, 0) is 6.54 Å². The van der Waals surface area contributed by atoms with Crippen molar-refractivity contribution >= 4 is 0 Å². The SMILES string of the molecule is CCC(C#N)Oc1cc(OC)ccc1CNC(C)(C)C. The van der Waals surface area contributed by atoms with Gasteiger partial charge in [0.1, 0.15) is 17.6 Å². The predicted molar refractivity (Wildman–Crippen MR) is 79.9 cm³/mol. The molecule has 4 nitrogen and oxygen atoms in total. The Morgan fingerprint density at radius 1 is 1.35 bits per heavy atom. The first-order chi connectivity index (χ1) is 9.39. The third kappa shape index (κ3) is 5.10. The quantitative estimate of drug-likeness (QED) is 0.866. The summed E-state index contributed by atoms with van der Waals surface area (Å²) in [6, 6.07) is 7.86. The molecule has 0 aliphatic rings. The maximum atomic E-state index is 9.04. The Bertz CT molecular complexity index is 472. The third-order valence-corrected chi connectivity index (χ3v) is 2.87. The Morgan fingerprint density at radius 3 is 2.55 bits per heavy atom. The summed E-state index contributed by atoms with van der Waals surface area (Å²) < 4.78 is 11.0. The molecule has 0 fully saturated rings. The smallest absolute Gasteiger partial charge is 0.184 e. The van der Waals surface area contributed by atoms with Crippen LogP contribution in [0.5, 0.6) is 11.5 Å². The van der Waals surface area contributed by atoms with Crippen molar-refractivity contribution in [2.24, 2.45) is 0 Å². The van der Waals surface area contributed by atoms with Gasteiger partial charge in [-0.05, 0) is 33.3 Å². The lowest BCUT2D eigenvalue weighted by molar-refractivity contribution is 0.246. The Kier molecular flexibility index (Phi) is 5.84. The molecular weight excluding hydrogens is 252 g/mol. The molecule has 0 aliphatic carbocycles. The van der Waals surface area contributed by atoms with Crippen LogP contribution < -0.4 is 14.8 Å². The summed E-state index contributed by atoms with van der Waals surface area (Å²) in [6.45, 7) is 8.95. The first-order valence-corrected chi connectivity index (χ1v) is 6.87. The topological polar surface area (TPSA) is 54.3 Å². The zero-order chi connectivity index (χ0) is 15.2. The van der Waals surface area contributed by atoms with E-state index in [9.17, 15) is 0 Å². The van der Waals surface area contributed by atoms with Crippen LogP contribution in [0, 0.1) is 11.3 Å². The van der Waals surface area contributed by atoms with Gasteiger partial charge in [0.05, 0.1) is 7.11 Å². The van der Waals surface area contributed by atoms with Crippen LogP contribution in [0.15, 0.2) is 18.2 Å². The van der Waals surface area contributed by atoms with Crippen molar-refractivity contribution in [3.8, 4) is 17.6 Å². The molecule has 0 bridgehead atoms. The van der Waals surface area contributed by atoms with E-state index in [2.05, 4.69) is 32.2 Å². The van der Waals surface area contributed by atoms with Gasteiger partial charge in [-0.2, -0.15) is 5.26 Å². The zero-order valence-electron chi connectivity index (χ0n) is 13.0. The van der Waals surface area contributed by atoms with E-state index in [4.69, 9.17) is 14.7 Å². The van der Waals surface area contributed by atoms with E-state index < -0.39 is 6.10 Å². The normalized spacial score (nSPS) is 12.6. The van der Waals surface area contributed by atoms with Crippen molar-refractivity contribution in [1.29, 1.82) is 5.26 Å². The number of rotatable bonds is 6. The van der Waals surface area contributed by atoms with Crippen LogP contribution in [-0.4, -0.2) is 18.8 Å². The molecule has 4 heteroatoms. The van der Waals surface area contributed by atoms with E-state index in [1.165, 1.54) is 0 Å². The van der Waals surface area contributed by atoms with Gasteiger partial charge >= 0.3 is 0 Å². The molecule has 0 spiro atoms. The van der Waals surface area contributed by atoms with E-state index in [1.807, 2.05) is 25.1 Å². The molecule has 110 valence electrons. The lowest BCUT2D eigenvalue weighted by atomic mass is 10.1. The summed E-state index contributed by atoms with van der Waals surface area (Å²) in [7, 11) is 1.62. The minimum absolute atomic E-state index is 0.0244. The van der Waals surface area contributed by atoms with Crippen LogP contribution in [0.25, 0.3) is 0 Å². The molecule has 0 amide bonds. The number of nitrogens with zero attached hydrogens (tertiary/aromatic N) is 1. The highest BCUT2D eigenvalue weighted by Crippen LogP contribution is 2.26. The lowest BCUT2D eigenvalue weighted by Gasteiger charge is -2.22. The number of nitrogens with one attached hydrogen (secondary N) is 1. The van der Waals surface area contributed by atoms with E-state index >= 15 is 0 Å². The summed E-state index contributed by atoms with van der Waals surface area (Å²) in [4.78, 5) is 0. The molecule has 1 aromatic carbocycles. The van der Waals surface area contributed by atoms with Gasteiger partial charge in [-0.25, -0.2) is 0 Å². The summed E-state index contributed by atoms with van der Waals surface area (Å²) in [5, 5.41) is 12.5. The molecule has 1 unspecified atom stereocenters. The van der Waals surface area contributed by atoms with Gasteiger partial charge in [0.15, 0.2) is 6.10 Å². The summed E-state index contributed by atoms with van der Waals surface area (Å²) >= 11 is 0. The molecule has 0 radical (unpaired) electrons. The Morgan fingerprint density at radius 2 is 2.05 bits per heavy atom. The second-order valence-corrected chi connectivity index (χ2v) is 5.72. The first-order valence-electron chi connectivity index (χ1n) is 6.87. The van der Waals surface area contributed by atoms with E-state index in [1.54, 1.807) is 7.11 Å². The van der Waals surface area contributed by atoms with Gasteiger partial charge in [0.25, 0.3) is 0 Å². The molecule has 0 saturated heterocycles. The monoisotopic (exact) mass is 276 g/mol. The van der Waals surface area contributed by atoms with Crippen LogP contribution in [0.3, 0.4) is 0 Å². The second kappa shape index (κ2) is 7.16. The molecule has 0 aromatic heterocycles. The Balaban J connectivity index is 2.95. The molecule has 0 aliphatic heterocycles. The fraction of sp³-hybridized carbons (Fsp3) is 0.562. The van der Waals surface area contributed by atoms with E-state index in [0.717, 1.165) is 11.3 Å². The molecule has 1 N–H and O–H groups in total. The average molecular weight is 276 g/mol. The number of hydrogen-bond acceptors (Lipinski definition) is 4. The fourth-order valence-corrected chi connectivity index (χ4v) is 1.63. The number of benzene rings is 1. The van der Waals surface area contributed by atoms with Crippen LogP contribution in [0.2, 0.25) is 0 Å². The molecular formula is C16H24N2O2. The van der Waals surface area contributed by atoms with Crippen molar-refractivity contribution in [3.05, 3.63) is 23.8 Å². The van der Waals surface area contributed by atoms with Gasteiger partial charge < -0.3 is 14.8 Å². The van der Waals surface area contributed by atoms with Gasteiger partial charge in [-0.1, -0.05) is 13.0 Å². The minimum atomic E-state index is -0.435. The van der Waals surface area contributed by atoms with Crippen molar-refractivity contribution < 1.29 is 9.47 Å². The van der Waals surface area contributed by atoms with Crippen LogP contribution >= 0.6 is 0 Å². The first kappa shape index (κ1) is 16.3. The van der Waals surface area contributed by atoms with Crippen molar-refractivity contribution in [1.82, 2.24) is 5.32 Å². The molecule has 1 aromatic rings. The van der Waals surface area contributed by atoms with E-state index in [-0.39, 0.29) is 5.54 Å². The van der Waals surface area contributed by atoms with Gasteiger partial charge in [-0.15, -0.1) is 0 Å². The number of nitriles is 1. The van der Waals surface area contributed by atoms with Crippen molar-refractivity contribution in [2.45, 2.75) is 52.3 Å². The molecule has 1 atom stereocenters. The van der Waals surface area contributed by atoms with Crippen LogP contribution in [0.1, 0.15) is 39.7 Å². The number of ether oxygens (including phenoxy) is 2. The van der Waals surface area contributed by atoms with E-state index in [0.29, 0.717) is 18.7 Å². The number of hydrogen-bond donors (Lipinski definition) is 1. The van der Waals surface area contributed by atoms with Gasteiger partial charge in [0.2, 0.25) is 0 Å². The van der Waals surface area contributed by atoms with Crippen LogP contribution in [0.4, 0.5) is 0 Å². The Hall–Kier alpha value is -1.73. The lowest BCUT2D eigenvalue weighted by Crippen LogP contribution is -2.35. The Labute approximate surface area is 121 Å². The predicted octanol–water partition coefficient (Wildman–Crippen LogP) is 3.26. The number of methoxy groups -OCH3 is 1.